The predicted octanol–water partition coefficient (Wildman–Crippen LogP) is 2.85. The highest BCUT2D eigenvalue weighted by Gasteiger charge is 2.17. The van der Waals surface area contributed by atoms with E-state index < -0.39 is 4.92 Å². The van der Waals surface area contributed by atoms with Crippen LogP contribution in [0.4, 0.5) is 5.69 Å². The van der Waals surface area contributed by atoms with Crippen LogP contribution in [0, 0.1) is 10.1 Å². The molecule has 0 unspecified atom stereocenters. The molecule has 0 spiro atoms. The van der Waals surface area contributed by atoms with Crippen LogP contribution >= 0.6 is 0 Å². The Morgan fingerprint density at radius 1 is 1.35 bits per heavy atom. The summed E-state index contributed by atoms with van der Waals surface area (Å²) in [5, 5.41) is 21.4. The molecule has 2 aromatic carbocycles. The molecule has 0 bridgehead atoms. The molecule has 0 aromatic heterocycles. The molecule has 2 rings (SSSR count). The molecule has 0 atom stereocenters. The van der Waals surface area contributed by atoms with Gasteiger partial charge in [-0.25, -0.2) is 0 Å². The molecular weight excluding hydrogens is 222 g/mol. The average Bonchev–Trinajstić information content (AvgIpc) is 2.32. The van der Waals surface area contributed by atoms with Gasteiger partial charge in [-0.1, -0.05) is 12.1 Å². The maximum absolute atomic E-state index is 11.0. The Morgan fingerprint density at radius 3 is 2.76 bits per heavy atom. The van der Waals surface area contributed by atoms with E-state index in [1.54, 1.807) is 13.0 Å². The minimum atomic E-state index is -0.482. The van der Waals surface area contributed by atoms with E-state index >= 15 is 0 Å². The lowest BCUT2D eigenvalue weighted by Crippen LogP contribution is -1.96. The minimum Gasteiger partial charge on any atom is -0.507 e. The number of nitrogens with zero attached hydrogens (tertiary/aromatic N) is 1. The van der Waals surface area contributed by atoms with Gasteiger partial charge in [0, 0.05) is 11.5 Å². The van der Waals surface area contributed by atoms with Crippen molar-refractivity contribution in [2.45, 2.75) is 6.92 Å². The SMILES string of the molecule is CCOc1ccc(O)c2cccc([N+](=O)[O-])c12. The Labute approximate surface area is 97.4 Å². The standard InChI is InChI=1S/C12H11NO4/c1-2-17-11-7-6-10(14)8-4-3-5-9(12(8)11)13(15)16/h3-7,14H,2H2,1H3. The second-order valence-electron chi connectivity index (χ2n) is 3.47. The number of rotatable bonds is 3. The topological polar surface area (TPSA) is 72.6 Å². The van der Waals surface area contributed by atoms with Gasteiger partial charge < -0.3 is 9.84 Å². The van der Waals surface area contributed by atoms with Crippen molar-refractivity contribution < 1.29 is 14.8 Å². The first-order valence-corrected chi connectivity index (χ1v) is 5.17. The number of ether oxygens (including phenoxy) is 1. The van der Waals surface area contributed by atoms with Crippen LogP contribution in [-0.4, -0.2) is 16.6 Å². The number of fused-ring (bicyclic) bond motifs is 1. The summed E-state index contributed by atoms with van der Waals surface area (Å²) in [6, 6.07) is 7.56. The van der Waals surface area contributed by atoms with Crippen LogP contribution in [0.25, 0.3) is 10.8 Å². The van der Waals surface area contributed by atoms with Crippen LogP contribution in [0.1, 0.15) is 6.92 Å². The Balaban J connectivity index is 2.83. The van der Waals surface area contributed by atoms with Crippen LogP contribution in [0.2, 0.25) is 0 Å². The molecule has 5 nitrogen and oxygen atoms in total. The number of aromatic hydroxyl groups is 1. The number of nitro benzene ring substituents is 1. The van der Waals surface area contributed by atoms with Crippen molar-refractivity contribution in [3.05, 3.63) is 40.4 Å². The summed E-state index contributed by atoms with van der Waals surface area (Å²) < 4.78 is 5.35. The normalized spacial score (nSPS) is 10.4. The van der Waals surface area contributed by atoms with Crippen LogP contribution in [0.3, 0.4) is 0 Å². The lowest BCUT2D eigenvalue weighted by Gasteiger charge is -2.08. The largest absolute Gasteiger partial charge is 0.507 e. The molecule has 0 saturated carbocycles. The quantitative estimate of drug-likeness (QED) is 0.653. The molecular formula is C12H11NO4. The van der Waals surface area contributed by atoms with Crippen molar-refractivity contribution >= 4 is 16.5 Å². The van der Waals surface area contributed by atoms with E-state index in [1.165, 1.54) is 24.3 Å². The first-order chi connectivity index (χ1) is 8.15. The Bertz CT molecular complexity index is 580. The molecule has 0 amide bonds. The van der Waals surface area contributed by atoms with Crippen molar-refractivity contribution in [1.29, 1.82) is 0 Å². The van der Waals surface area contributed by atoms with E-state index in [0.29, 0.717) is 23.1 Å². The molecule has 88 valence electrons. The highest BCUT2D eigenvalue weighted by atomic mass is 16.6. The summed E-state index contributed by atoms with van der Waals surface area (Å²) >= 11 is 0. The highest BCUT2D eigenvalue weighted by Crippen LogP contribution is 2.38. The van der Waals surface area contributed by atoms with E-state index in [1.807, 2.05) is 0 Å². The average molecular weight is 233 g/mol. The lowest BCUT2D eigenvalue weighted by atomic mass is 10.1. The van der Waals surface area contributed by atoms with Gasteiger partial charge in [-0.3, -0.25) is 10.1 Å². The van der Waals surface area contributed by atoms with Crippen LogP contribution in [0.15, 0.2) is 30.3 Å². The zero-order chi connectivity index (χ0) is 12.4. The van der Waals surface area contributed by atoms with Gasteiger partial charge in [0.15, 0.2) is 0 Å². The van der Waals surface area contributed by atoms with Gasteiger partial charge in [0.1, 0.15) is 16.9 Å². The smallest absolute Gasteiger partial charge is 0.281 e. The number of phenolic OH excluding ortho intramolecular Hbond substituents is 1. The Morgan fingerprint density at radius 2 is 2.12 bits per heavy atom. The van der Waals surface area contributed by atoms with E-state index in [4.69, 9.17) is 4.74 Å². The van der Waals surface area contributed by atoms with Crippen molar-refractivity contribution in [3.63, 3.8) is 0 Å². The second-order valence-corrected chi connectivity index (χ2v) is 3.47. The number of hydrogen-bond acceptors (Lipinski definition) is 4. The molecule has 0 fully saturated rings. The van der Waals surface area contributed by atoms with Gasteiger partial charge in [0.2, 0.25) is 0 Å². The third-order valence-corrected chi connectivity index (χ3v) is 2.45. The number of non-ortho nitro benzene ring substituents is 1. The molecule has 0 radical (unpaired) electrons. The Kier molecular flexibility index (Phi) is 2.82. The van der Waals surface area contributed by atoms with Gasteiger partial charge in [0.05, 0.1) is 11.5 Å². The summed E-state index contributed by atoms with van der Waals surface area (Å²) in [5.74, 6) is 0.416. The zero-order valence-corrected chi connectivity index (χ0v) is 9.21. The summed E-state index contributed by atoms with van der Waals surface area (Å²) in [7, 11) is 0. The van der Waals surface area contributed by atoms with Gasteiger partial charge >= 0.3 is 0 Å². The van der Waals surface area contributed by atoms with E-state index in [2.05, 4.69) is 0 Å². The predicted molar refractivity (Wildman–Crippen MR) is 63.4 cm³/mol. The van der Waals surface area contributed by atoms with Gasteiger partial charge in [0.25, 0.3) is 5.69 Å². The van der Waals surface area contributed by atoms with Gasteiger partial charge in [-0.05, 0) is 19.1 Å². The second kappa shape index (κ2) is 4.29. The fourth-order valence-corrected chi connectivity index (χ4v) is 1.77. The van der Waals surface area contributed by atoms with E-state index in [-0.39, 0.29) is 11.4 Å². The van der Waals surface area contributed by atoms with E-state index in [9.17, 15) is 15.2 Å². The summed E-state index contributed by atoms with van der Waals surface area (Å²) in [6.45, 7) is 2.21. The Hall–Kier alpha value is -2.30. The molecule has 1 N–H and O–H groups in total. The zero-order valence-electron chi connectivity index (χ0n) is 9.21. The maximum Gasteiger partial charge on any atom is 0.281 e. The van der Waals surface area contributed by atoms with Gasteiger partial charge in [-0.15, -0.1) is 0 Å². The first-order valence-electron chi connectivity index (χ1n) is 5.17. The van der Waals surface area contributed by atoms with E-state index in [0.717, 1.165) is 0 Å². The molecule has 0 aliphatic carbocycles. The van der Waals surface area contributed by atoms with Crippen molar-refractivity contribution in [2.24, 2.45) is 0 Å². The van der Waals surface area contributed by atoms with Crippen LogP contribution < -0.4 is 4.74 Å². The molecule has 0 aliphatic heterocycles. The minimum absolute atomic E-state index is 0.00662. The molecule has 0 saturated heterocycles. The van der Waals surface area contributed by atoms with Crippen molar-refractivity contribution in [2.75, 3.05) is 6.61 Å². The third kappa shape index (κ3) is 1.87. The maximum atomic E-state index is 11.0. The monoisotopic (exact) mass is 233 g/mol. The van der Waals surface area contributed by atoms with Crippen molar-refractivity contribution in [3.8, 4) is 11.5 Å². The highest BCUT2D eigenvalue weighted by molar-refractivity contribution is 5.99. The number of benzene rings is 2. The third-order valence-electron chi connectivity index (χ3n) is 2.45. The summed E-state index contributed by atoms with van der Waals surface area (Å²) in [4.78, 5) is 10.5. The summed E-state index contributed by atoms with van der Waals surface area (Å²) in [5.41, 5.74) is -0.0677. The molecule has 17 heavy (non-hydrogen) atoms. The van der Waals surface area contributed by atoms with Crippen LogP contribution in [0.5, 0.6) is 11.5 Å². The summed E-state index contributed by atoms with van der Waals surface area (Å²) in [6.07, 6.45) is 0. The lowest BCUT2D eigenvalue weighted by molar-refractivity contribution is -0.383. The molecule has 2 aromatic rings. The van der Waals surface area contributed by atoms with Gasteiger partial charge in [-0.2, -0.15) is 0 Å². The molecule has 5 heteroatoms. The number of phenols is 1. The fourth-order valence-electron chi connectivity index (χ4n) is 1.77. The first kappa shape index (κ1) is 11.2. The number of hydrogen-bond donors (Lipinski definition) is 1. The fraction of sp³-hybridized carbons (Fsp3) is 0.167. The van der Waals surface area contributed by atoms with Crippen molar-refractivity contribution in [1.82, 2.24) is 0 Å². The molecule has 0 aliphatic rings. The molecule has 0 heterocycles. The number of nitro groups is 1. The van der Waals surface area contributed by atoms with Crippen LogP contribution in [-0.2, 0) is 0 Å².